The minimum Gasteiger partial charge on any atom is -0.391 e. The first-order valence-corrected chi connectivity index (χ1v) is 6.12. The zero-order valence-corrected chi connectivity index (χ0v) is 8.74. The molecule has 1 fully saturated rings. The van der Waals surface area contributed by atoms with Crippen LogP contribution in [0.1, 0.15) is 16.0 Å². The third-order valence-electron chi connectivity index (χ3n) is 1.82. The number of hydrogen-bond donors (Lipinski definition) is 1. The number of thioether (sulfide) groups is 1. The van der Waals surface area contributed by atoms with Crippen LogP contribution in [0.25, 0.3) is 0 Å². The Hall–Kier alpha value is -0.100. The van der Waals surface area contributed by atoms with E-state index in [1.807, 2.05) is 11.8 Å². The van der Waals surface area contributed by atoms with E-state index in [1.54, 1.807) is 6.20 Å². The van der Waals surface area contributed by atoms with Crippen molar-refractivity contribution in [2.45, 2.75) is 12.7 Å². The van der Waals surface area contributed by atoms with Crippen molar-refractivity contribution in [1.82, 2.24) is 4.98 Å². The smallest absolute Gasteiger partial charge is 0.123 e. The molecule has 1 aromatic heterocycles. The molecule has 0 bridgehead atoms. The number of aromatic nitrogens is 1. The molecule has 1 aliphatic rings. The van der Waals surface area contributed by atoms with Gasteiger partial charge in [0, 0.05) is 17.7 Å². The molecule has 72 valence electrons. The van der Waals surface area contributed by atoms with Gasteiger partial charge in [-0.05, 0) is 0 Å². The monoisotopic (exact) mass is 217 g/mol. The molecule has 0 amide bonds. The van der Waals surface area contributed by atoms with Gasteiger partial charge in [0.15, 0.2) is 0 Å². The van der Waals surface area contributed by atoms with Gasteiger partial charge in [-0.2, -0.15) is 11.8 Å². The molecular weight excluding hydrogens is 206 g/mol. The van der Waals surface area contributed by atoms with Gasteiger partial charge in [-0.1, -0.05) is 0 Å². The Bertz CT molecular complexity index is 271. The highest BCUT2D eigenvalue weighted by Gasteiger charge is 2.19. The lowest BCUT2D eigenvalue weighted by atomic mass is 10.4. The molecule has 0 radical (unpaired) electrons. The molecule has 0 aromatic carbocycles. The second-order valence-corrected chi connectivity index (χ2v) is 5.05. The third kappa shape index (κ3) is 2.22. The normalized spacial score (nSPS) is 23.3. The number of rotatable bonds is 2. The highest BCUT2D eigenvalue weighted by molar-refractivity contribution is 7.99. The van der Waals surface area contributed by atoms with Crippen LogP contribution in [0.5, 0.6) is 0 Å². The second-order valence-electron chi connectivity index (χ2n) is 2.76. The Morgan fingerprint density at radius 1 is 1.69 bits per heavy atom. The van der Waals surface area contributed by atoms with Crippen LogP contribution in [0.15, 0.2) is 6.20 Å². The Morgan fingerprint density at radius 2 is 2.62 bits per heavy atom. The Kier molecular flexibility index (Phi) is 3.21. The highest BCUT2D eigenvalue weighted by Crippen LogP contribution is 2.29. The van der Waals surface area contributed by atoms with E-state index in [-0.39, 0.29) is 12.7 Å². The highest BCUT2D eigenvalue weighted by atomic mass is 32.2. The first kappa shape index (κ1) is 9.45. The van der Waals surface area contributed by atoms with Crippen molar-refractivity contribution in [3.8, 4) is 0 Å². The first-order chi connectivity index (χ1) is 6.40. The Morgan fingerprint density at radius 3 is 3.23 bits per heavy atom. The van der Waals surface area contributed by atoms with Gasteiger partial charge in [-0.15, -0.1) is 11.3 Å². The molecule has 2 rings (SSSR count). The minimum absolute atomic E-state index is 0.0809. The standard InChI is InChI=1S/C8H11NO2S2/c10-4-6-3-9-8(13-6)7-5-12-2-1-11-7/h3,7,10H,1-2,4-5H2. The molecule has 0 aliphatic carbocycles. The molecule has 1 atom stereocenters. The molecular formula is C8H11NO2S2. The van der Waals surface area contributed by atoms with Crippen molar-refractivity contribution in [2.75, 3.05) is 18.1 Å². The van der Waals surface area contributed by atoms with E-state index in [4.69, 9.17) is 9.84 Å². The summed E-state index contributed by atoms with van der Waals surface area (Å²) in [6.07, 6.45) is 1.87. The van der Waals surface area contributed by atoms with E-state index in [1.165, 1.54) is 11.3 Å². The molecule has 1 aromatic rings. The van der Waals surface area contributed by atoms with E-state index in [9.17, 15) is 0 Å². The number of nitrogens with zero attached hydrogens (tertiary/aromatic N) is 1. The van der Waals surface area contributed by atoms with Crippen LogP contribution < -0.4 is 0 Å². The fraction of sp³-hybridized carbons (Fsp3) is 0.625. The first-order valence-electron chi connectivity index (χ1n) is 4.15. The average molecular weight is 217 g/mol. The zero-order valence-electron chi connectivity index (χ0n) is 7.10. The molecule has 1 unspecified atom stereocenters. The molecule has 3 nitrogen and oxygen atoms in total. The predicted molar refractivity (Wildman–Crippen MR) is 54.1 cm³/mol. The van der Waals surface area contributed by atoms with Crippen molar-refractivity contribution in [3.05, 3.63) is 16.1 Å². The van der Waals surface area contributed by atoms with Crippen LogP contribution in [0.3, 0.4) is 0 Å². The van der Waals surface area contributed by atoms with Crippen LogP contribution in [0.2, 0.25) is 0 Å². The topological polar surface area (TPSA) is 42.4 Å². The Balaban J connectivity index is 2.05. The lowest BCUT2D eigenvalue weighted by Crippen LogP contribution is -2.15. The van der Waals surface area contributed by atoms with E-state index in [0.29, 0.717) is 0 Å². The van der Waals surface area contributed by atoms with Gasteiger partial charge in [0.2, 0.25) is 0 Å². The number of hydrogen-bond acceptors (Lipinski definition) is 5. The summed E-state index contributed by atoms with van der Waals surface area (Å²) in [5.41, 5.74) is 0. The summed E-state index contributed by atoms with van der Waals surface area (Å²) in [7, 11) is 0. The van der Waals surface area contributed by atoms with E-state index >= 15 is 0 Å². The Labute approximate surface area is 85.1 Å². The van der Waals surface area contributed by atoms with Gasteiger partial charge >= 0.3 is 0 Å². The minimum atomic E-state index is 0.0809. The lowest BCUT2D eigenvalue weighted by molar-refractivity contribution is 0.0755. The maximum atomic E-state index is 8.87. The van der Waals surface area contributed by atoms with Crippen molar-refractivity contribution >= 4 is 23.1 Å². The maximum absolute atomic E-state index is 8.87. The van der Waals surface area contributed by atoms with Gasteiger partial charge in [0.1, 0.15) is 11.1 Å². The number of aliphatic hydroxyl groups excluding tert-OH is 1. The summed E-state index contributed by atoms with van der Waals surface area (Å²) in [5, 5.41) is 9.87. The van der Waals surface area contributed by atoms with Crippen molar-refractivity contribution < 1.29 is 9.84 Å². The summed E-state index contributed by atoms with van der Waals surface area (Å²) < 4.78 is 5.57. The van der Waals surface area contributed by atoms with Crippen molar-refractivity contribution in [1.29, 1.82) is 0 Å². The zero-order chi connectivity index (χ0) is 9.10. The fourth-order valence-electron chi connectivity index (χ4n) is 1.17. The van der Waals surface area contributed by atoms with Gasteiger partial charge in [-0.3, -0.25) is 0 Å². The summed E-state index contributed by atoms with van der Waals surface area (Å²) in [6, 6.07) is 0. The van der Waals surface area contributed by atoms with Gasteiger partial charge in [-0.25, -0.2) is 4.98 Å². The molecule has 5 heteroatoms. The fourth-order valence-corrected chi connectivity index (χ4v) is 2.96. The van der Waals surface area contributed by atoms with Gasteiger partial charge in [0.05, 0.1) is 18.1 Å². The van der Waals surface area contributed by atoms with E-state index in [2.05, 4.69) is 4.98 Å². The summed E-state index contributed by atoms with van der Waals surface area (Å²) >= 11 is 3.43. The summed E-state index contributed by atoms with van der Waals surface area (Å²) in [6.45, 7) is 0.890. The van der Waals surface area contributed by atoms with Crippen LogP contribution in [-0.4, -0.2) is 28.2 Å². The summed E-state index contributed by atoms with van der Waals surface area (Å²) in [5.74, 6) is 2.06. The van der Waals surface area contributed by atoms with Gasteiger partial charge in [0.25, 0.3) is 0 Å². The predicted octanol–water partition coefficient (Wildman–Crippen LogP) is 1.44. The van der Waals surface area contributed by atoms with E-state index in [0.717, 1.165) is 28.0 Å². The van der Waals surface area contributed by atoms with Crippen LogP contribution in [-0.2, 0) is 11.3 Å². The number of thiazole rings is 1. The number of aliphatic hydroxyl groups is 1. The molecule has 1 aliphatic heterocycles. The molecule has 1 saturated heterocycles. The molecule has 1 N–H and O–H groups in total. The van der Waals surface area contributed by atoms with Crippen LogP contribution in [0.4, 0.5) is 0 Å². The SMILES string of the molecule is OCc1cnc(C2CSCCO2)s1. The number of ether oxygens (including phenoxy) is 1. The van der Waals surface area contributed by atoms with Crippen molar-refractivity contribution in [3.63, 3.8) is 0 Å². The van der Waals surface area contributed by atoms with Crippen LogP contribution in [0, 0.1) is 0 Å². The molecule has 0 saturated carbocycles. The van der Waals surface area contributed by atoms with Crippen molar-refractivity contribution in [2.24, 2.45) is 0 Å². The quantitative estimate of drug-likeness (QED) is 0.814. The van der Waals surface area contributed by atoms with Gasteiger partial charge < -0.3 is 9.84 Å². The molecule has 13 heavy (non-hydrogen) atoms. The third-order valence-corrected chi connectivity index (χ3v) is 3.89. The molecule has 2 heterocycles. The van der Waals surface area contributed by atoms with Crippen LogP contribution >= 0.6 is 23.1 Å². The van der Waals surface area contributed by atoms with E-state index < -0.39 is 0 Å². The molecule has 0 spiro atoms. The summed E-state index contributed by atoms with van der Waals surface area (Å²) in [4.78, 5) is 5.14. The largest absolute Gasteiger partial charge is 0.391 e. The second kappa shape index (κ2) is 4.41. The average Bonchev–Trinajstić information content (AvgIpc) is 2.67. The maximum Gasteiger partial charge on any atom is 0.123 e. The lowest BCUT2D eigenvalue weighted by Gasteiger charge is -2.19.